The van der Waals surface area contributed by atoms with E-state index in [1.54, 1.807) is 19.5 Å². The number of carbonyl (C=O) groups excluding carboxylic acids is 1. The average molecular weight is 347 g/mol. The van der Waals surface area contributed by atoms with E-state index in [4.69, 9.17) is 16.3 Å². The molecule has 0 atom stereocenters. The number of halogens is 1. The van der Waals surface area contributed by atoms with Crippen LogP contribution in [0.15, 0.2) is 36.7 Å². The summed E-state index contributed by atoms with van der Waals surface area (Å²) in [5, 5.41) is 0.633. The van der Waals surface area contributed by atoms with Crippen molar-refractivity contribution in [2.75, 3.05) is 38.2 Å². The molecule has 2 aromatic rings. The summed E-state index contributed by atoms with van der Waals surface area (Å²) in [6.07, 6.45) is 3.58. The smallest absolute Gasteiger partial charge is 0.257 e. The Morgan fingerprint density at radius 3 is 2.58 bits per heavy atom. The Kier molecular flexibility index (Phi) is 5.15. The van der Waals surface area contributed by atoms with Crippen molar-refractivity contribution in [2.24, 2.45) is 0 Å². The van der Waals surface area contributed by atoms with E-state index < -0.39 is 0 Å². The van der Waals surface area contributed by atoms with Crippen LogP contribution in [0.25, 0.3) is 0 Å². The van der Waals surface area contributed by atoms with Crippen LogP contribution in [0.3, 0.4) is 0 Å². The van der Waals surface area contributed by atoms with Crippen LogP contribution in [0.5, 0.6) is 5.88 Å². The molecule has 1 fully saturated rings. The average Bonchev–Trinajstić information content (AvgIpc) is 2.63. The number of ether oxygens (including phenoxy) is 1. The van der Waals surface area contributed by atoms with Gasteiger partial charge in [0.05, 0.1) is 13.5 Å². The zero-order valence-corrected chi connectivity index (χ0v) is 14.2. The Morgan fingerprint density at radius 2 is 1.88 bits per heavy atom. The zero-order chi connectivity index (χ0) is 16.9. The fraction of sp³-hybridized carbons (Fsp3) is 0.353. The van der Waals surface area contributed by atoms with E-state index in [-0.39, 0.29) is 5.91 Å². The summed E-state index contributed by atoms with van der Waals surface area (Å²) in [5.41, 5.74) is 0.863. The van der Waals surface area contributed by atoms with Gasteiger partial charge in [-0.3, -0.25) is 4.79 Å². The molecule has 0 radical (unpaired) electrons. The van der Waals surface area contributed by atoms with E-state index in [2.05, 4.69) is 14.9 Å². The number of hydrogen-bond acceptors (Lipinski definition) is 5. The van der Waals surface area contributed by atoms with Crippen LogP contribution in [0.2, 0.25) is 5.02 Å². The van der Waals surface area contributed by atoms with Gasteiger partial charge in [-0.2, -0.15) is 0 Å². The molecule has 126 valence electrons. The van der Waals surface area contributed by atoms with Gasteiger partial charge in [0.15, 0.2) is 5.82 Å². The molecule has 1 aliphatic rings. The van der Waals surface area contributed by atoms with Crippen molar-refractivity contribution < 1.29 is 9.53 Å². The van der Waals surface area contributed by atoms with Gasteiger partial charge in [0.25, 0.3) is 5.88 Å². The highest BCUT2D eigenvalue weighted by Gasteiger charge is 2.24. The predicted molar refractivity (Wildman–Crippen MR) is 92.5 cm³/mol. The maximum absolute atomic E-state index is 12.5. The Hall–Kier alpha value is -2.34. The number of methoxy groups -OCH3 is 1. The van der Waals surface area contributed by atoms with Gasteiger partial charge < -0.3 is 14.5 Å². The van der Waals surface area contributed by atoms with Gasteiger partial charge in [-0.1, -0.05) is 29.8 Å². The highest BCUT2D eigenvalue weighted by molar-refractivity contribution is 6.31. The van der Waals surface area contributed by atoms with Gasteiger partial charge in [0.1, 0.15) is 0 Å². The van der Waals surface area contributed by atoms with Crippen molar-refractivity contribution in [1.82, 2.24) is 14.9 Å². The Labute approximate surface area is 146 Å². The molecule has 0 unspecified atom stereocenters. The lowest BCUT2D eigenvalue weighted by atomic mass is 10.1. The minimum absolute atomic E-state index is 0.0915. The number of rotatable bonds is 4. The van der Waals surface area contributed by atoms with E-state index in [9.17, 15) is 4.79 Å². The number of piperazine rings is 1. The third-order valence-corrected chi connectivity index (χ3v) is 4.44. The number of aromatic nitrogens is 2. The monoisotopic (exact) mass is 346 g/mol. The zero-order valence-electron chi connectivity index (χ0n) is 13.5. The summed E-state index contributed by atoms with van der Waals surface area (Å²) in [6, 6.07) is 7.46. The van der Waals surface area contributed by atoms with Crippen LogP contribution in [0, 0.1) is 0 Å². The number of benzene rings is 1. The minimum Gasteiger partial charge on any atom is -0.478 e. The molecule has 0 N–H and O–H groups in total. The van der Waals surface area contributed by atoms with Gasteiger partial charge in [-0.05, 0) is 11.6 Å². The summed E-state index contributed by atoms with van der Waals surface area (Å²) in [7, 11) is 1.58. The molecule has 1 saturated heterocycles. The first-order valence-corrected chi connectivity index (χ1v) is 8.18. The highest BCUT2D eigenvalue weighted by atomic mass is 35.5. The number of amides is 1. The first kappa shape index (κ1) is 16.5. The number of nitrogens with zero attached hydrogens (tertiary/aromatic N) is 4. The summed E-state index contributed by atoms with van der Waals surface area (Å²) >= 11 is 6.14. The Balaban J connectivity index is 1.61. The van der Waals surface area contributed by atoms with Crippen molar-refractivity contribution in [3.05, 3.63) is 47.2 Å². The molecule has 1 aliphatic heterocycles. The van der Waals surface area contributed by atoms with Crippen molar-refractivity contribution >= 4 is 23.3 Å². The highest BCUT2D eigenvalue weighted by Crippen LogP contribution is 2.23. The lowest BCUT2D eigenvalue weighted by Crippen LogP contribution is -2.49. The number of carbonyl (C=O) groups is 1. The van der Waals surface area contributed by atoms with Gasteiger partial charge >= 0.3 is 0 Å². The standard InChI is InChI=1S/C17H19ClN4O2/c1-24-17-16(19-6-7-20-17)22-10-8-21(9-11-22)15(23)12-13-4-2-3-5-14(13)18/h2-7H,8-12H2,1H3. The predicted octanol–water partition coefficient (Wildman–Crippen LogP) is 2.03. The van der Waals surface area contributed by atoms with Gasteiger partial charge in [0, 0.05) is 43.6 Å². The van der Waals surface area contributed by atoms with Crippen LogP contribution in [0.1, 0.15) is 5.56 Å². The molecule has 3 rings (SSSR count). The Morgan fingerprint density at radius 1 is 1.17 bits per heavy atom. The molecule has 2 heterocycles. The molecular formula is C17H19ClN4O2. The first-order chi connectivity index (χ1) is 11.7. The van der Waals surface area contributed by atoms with Crippen LogP contribution >= 0.6 is 11.6 Å². The third-order valence-electron chi connectivity index (χ3n) is 4.07. The fourth-order valence-electron chi connectivity index (χ4n) is 2.76. The van der Waals surface area contributed by atoms with Gasteiger partial charge in [0.2, 0.25) is 5.91 Å². The molecule has 0 aliphatic carbocycles. The lowest BCUT2D eigenvalue weighted by molar-refractivity contribution is -0.130. The van der Waals surface area contributed by atoms with Gasteiger partial charge in [-0.25, -0.2) is 9.97 Å². The van der Waals surface area contributed by atoms with Crippen LogP contribution in [-0.2, 0) is 11.2 Å². The second kappa shape index (κ2) is 7.49. The van der Waals surface area contributed by atoms with Gasteiger partial charge in [-0.15, -0.1) is 0 Å². The summed E-state index contributed by atoms with van der Waals surface area (Å²) < 4.78 is 5.25. The van der Waals surface area contributed by atoms with E-state index in [0.29, 0.717) is 43.5 Å². The maximum atomic E-state index is 12.5. The molecule has 6 nitrogen and oxygen atoms in total. The van der Waals surface area contributed by atoms with E-state index >= 15 is 0 Å². The van der Waals surface area contributed by atoms with Crippen LogP contribution in [-0.4, -0.2) is 54.1 Å². The van der Waals surface area contributed by atoms with Crippen molar-refractivity contribution in [3.63, 3.8) is 0 Å². The number of anilines is 1. The molecular weight excluding hydrogens is 328 g/mol. The lowest BCUT2D eigenvalue weighted by Gasteiger charge is -2.35. The molecule has 1 aromatic carbocycles. The topological polar surface area (TPSA) is 58.6 Å². The SMILES string of the molecule is COc1nccnc1N1CCN(C(=O)Cc2ccccc2Cl)CC1. The molecule has 7 heteroatoms. The van der Waals surface area contributed by atoms with E-state index in [0.717, 1.165) is 11.4 Å². The van der Waals surface area contributed by atoms with Crippen molar-refractivity contribution in [2.45, 2.75) is 6.42 Å². The van der Waals surface area contributed by atoms with Crippen molar-refractivity contribution in [1.29, 1.82) is 0 Å². The Bertz CT molecular complexity index is 717. The van der Waals surface area contributed by atoms with Crippen molar-refractivity contribution in [3.8, 4) is 5.88 Å². The van der Waals surface area contributed by atoms with Crippen LogP contribution in [0.4, 0.5) is 5.82 Å². The quantitative estimate of drug-likeness (QED) is 0.847. The second-order valence-corrected chi connectivity index (χ2v) is 5.93. The normalized spacial score (nSPS) is 14.6. The molecule has 24 heavy (non-hydrogen) atoms. The fourth-order valence-corrected chi connectivity index (χ4v) is 2.97. The second-order valence-electron chi connectivity index (χ2n) is 5.53. The summed E-state index contributed by atoms with van der Waals surface area (Å²) in [6.45, 7) is 2.68. The first-order valence-electron chi connectivity index (χ1n) is 7.80. The van der Waals surface area contributed by atoms with E-state index in [1.807, 2.05) is 29.2 Å². The minimum atomic E-state index is 0.0915. The van der Waals surface area contributed by atoms with Crippen LogP contribution < -0.4 is 9.64 Å². The summed E-state index contributed by atoms with van der Waals surface area (Å²) in [5.74, 6) is 1.32. The maximum Gasteiger partial charge on any atom is 0.257 e. The molecule has 1 aromatic heterocycles. The molecule has 0 saturated carbocycles. The largest absolute Gasteiger partial charge is 0.478 e. The molecule has 0 spiro atoms. The number of hydrogen-bond donors (Lipinski definition) is 0. The molecule has 0 bridgehead atoms. The third kappa shape index (κ3) is 3.59. The summed E-state index contributed by atoms with van der Waals surface area (Å²) in [4.78, 5) is 24.9. The van der Waals surface area contributed by atoms with E-state index in [1.165, 1.54) is 0 Å². The molecule has 1 amide bonds.